The van der Waals surface area contributed by atoms with Crippen molar-refractivity contribution in [3.63, 3.8) is 0 Å². The Bertz CT molecular complexity index is 1060. The van der Waals surface area contributed by atoms with Crippen molar-refractivity contribution in [1.29, 1.82) is 0 Å². The van der Waals surface area contributed by atoms with Crippen molar-refractivity contribution in [3.05, 3.63) is 83.1 Å². The molecule has 31 heavy (non-hydrogen) atoms. The maximum atomic E-state index is 13.0. The summed E-state index contributed by atoms with van der Waals surface area (Å²) in [6.45, 7) is 4.42. The average Bonchev–Trinajstić information content (AvgIpc) is 2.75. The van der Waals surface area contributed by atoms with Crippen LogP contribution in [0.15, 0.2) is 54.6 Å². The molecule has 3 N–H and O–H groups in total. The van der Waals surface area contributed by atoms with E-state index in [4.69, 9.17) is 0 Å². The first-order valence-electron chi connectivity index (χ1n) is 9.76. The van der Waals surface area contributed by atoms with E-state index in [2.05, 4.69) is 15.3 Å². The molecule has 162 valence electrons. The third-order valence-electron chi connectivity index (χ3n) is 5.21. The second-order valence-corrected chi connectivity index (χ2v) is 7.78. The number of rotatable bonds is 7. The summed E-state index contributed by atoms with van der Waals surface area (Å²) in [6, 6.07) is 15.5. The highest BCUT2D eigenvalue weighted by atomic mass is 19.1. The summed E-state index contributed by atoms with van der Waals surface area (Å²) in [4.78, 5) is 22.9. The van der Waals surface area contributed by atoms with E-state index in [-0.39, 0.29) is 23.9 Å². The molecule has 0 fully saturated rings. The number of carbonyl (C=O) groups is 1. The van der Waals surface area contributed by atoms with Crippen molar-refractivity contribution in [2.75, 3.05) is 7.05 Å². The SMILES string of the molecule is CN(Cc1ccccc1)C(C)(C)c1nc(O)c(O)c(C(=O)NCc2ccc(F)cc2)n1. The maximum absolute atomic E-state index is 13.0. The molecule has 3 rings (SSSR count). The van der Waals surface area contributed by atoms with Gasteiger partial charge in [-0.2, -0.15) is 4.98 Å². The summed E-state index contributed by atoms with van der Waals surface area (Å²) in [5.74, 6) is -2.23. The third kappa shape index (κ3) is 5.16. The van der Waals surface area contributed by atoms with Crippen LogP contribution in [0.3, 0.4) is 0 Å². The predicted octanol–water partition coefficient (Wildman–Crippen LogP) is 3.32. The fraction of sp³-hybridized carbons (Fsp3) is 0.261. The van der Waals surface area contributed by atoms with Gasteiger partial charge in [-0.05, 0) is 44.2 Å². The predicted molar refractivity (Wildman–Crippen MR) is 114 cm³/mol. The van der Waals surface area contributed by atoms with Gasteiger partial charge in [0.05, 0.1) is 5.54 Å². The third-order valence-corrected chi connectivity index (χ3v) is 5.21. The van der Waals surface area contributed by atoms with Crippen LogP contribution in [0.1, 0.15) is 41.3 Å². The van der Waals surface area contributed by atoms with Gasteiger partial charge in [-0.25, -0.2) is 9.37 Å². The molecule has 1 heterocycles. The number of aromatic hydroxyl groups is 2. The van der Waals surface area contributed by atoms with Gasteiger partial charge in [-0.3, -0.25) is 9.69 Å². The van der Waals surface area contributed by atoms with Crippen LogP contribution >= 0.6 is 0 Å². The zero-order valence-electron chi connectivity index (χ0n) is 17.6. The summed E-state index contributed by atoms with van der Waals surface area (Å²) >= 11 is 0. The summed E-state index contributed by atoms with van der Waals surface area (Å²) in [6.07, 6.45) is 0. The normalized spacial score (nSPS) is 11.5. The molecule has 2 aromatic carbocycles. The van der Waals surface area contributed by atoms with Crippen molar-refractivity contribution in [2.24, 2.45) is 0 Å². The smallest absolute Gasteiger partial charge is 0.274 e. The molecule has 0 spiro atoms. The minimum Gasteiger partial charge on any atom is -0.501 e. The molecule has 0 aliphatic rings. The highest BCUT2D eigenvalue weighted by Crippen LogP contribution is 2.32. The largest absolute Gasteiger partial charge is 0.501 e. The molecule has 1 amide bonds. The van der Waals surface area contributed by atoms with Crippen molar-refractivity contribution < 1.29 is 19.4 Å². The second kappa shape index (κ2) is 9.09. The highest BCUT2D eigenvalue weighted by molar-refractivity contribution is 5.95. The van der Waals surface area contributed by atoms with Crippen molar-refractivity contribution in [1.82, 2.24) is 20.2 Å². The minimum absolute atomic E-state index is 0.107. The van der Waals surface area contributed by atoms with E-state index < -0.39 is 23.1 Å². The Balaban J connectivity index is 1.81. The van der Waals surface area contributed by atoms with E-state index in [1.54, 1.807) is 12.1 Å². The molecule has 0 aliphatic carbocycles. The average molecular weight is 424 g/mol. The van der Waals surface area contributed by atoms with E-state index in [0.29, 0.717) is 12.1 Å². The van der Waals surface area contributed by atoms with Crippen molar-refractivity contribution in [2.45, 2.75) is 32.5 Å². The van der Waals surface area contributed by atoms with Crippen molar-refractivity contribution in [3.8, 4) is 11.6 Å². The van der Waals surface area contributed by atoms with E-state index >= 15 is 0 Å². The van der Waals surface area contributed by atoms with Crippen LogP contribution in [0.2, 0.25) is 0 Å². The number of aromatic nitrogens is 2. The molecule has 0 radical (unpaired) electrons. The summed E-state index contributed by atoms with van der Waals surface area (Å²) in [5, 5.41) is 22.9. The molecular formula is C23H25FN4O3. The Labute approximate surface area is 180 Å². The van der Waals surface area contributed by atoms with Gasteiger partial charge >= 0.3 is 0 Å². The van der Waals surface area contributed by atoms with Crippen LogP contribution in [-0.2, 0) is 18.6 Å². The monoisotopic (exact) mass is 424 g/mol. The number of hydrogen-bond donors (Lipinski definition) is 3. The number of nitrogens with one attached hydrogen (secondary N) is 1. The zero-order valence-corrected chi connectivity index (χ0v) is 17.6. The number of carbonyl (C=O) groups excluding carboxylic acids is 1. The first-order valence-corrected chi connectivity index (χ1v) is 9.76. The maximum Gasteiger partial charge on any atom is 0.274 e. The Morgan fingerprint density at radius 3 is 2.32 bits per heavy atom. The summed E-state index contributed by atoms with van der Waals surface area (Å²) in [7, 11) is 1.88. The Morgan fingerprint density at radius 1 is 1.03 bits per heavy atom. The second-order valence-electron chi connectivity index (χ2n) is 7.78. The molecule has 1 aromatic heterocycles. The Morgan fingerprint density at radius 2 is 1.68 bits per heavy atom. The van der Waals surface area contributed by atoms with E-state index in [9.17, 15) is 19.4 Å². The van der Waals surface area contributed by atoms with E-state index in [1.807, 2.05) is 56.1 Å². The Hall–Kier alpha value is -3.52. The number of halogens is 1. The van der Waals surface area contributed by atoms with Crippen LogP contribution in [-0.4, -0.2) is 38.0 Å². The van der Waals surface area contributed by atoms with E-state index in [1.165, 1.54) is 12.1 Å². The van der Waals surface area contributed by atoms with E-state index in [0.717, 1.165) is 5.56 Å². The first-order chi connectivity index (χ1) is 14.7. The van der Waals surface area contributed by atoms with Crippen LogP contribution in [0.4, 0.5) is 4.39 Å². The lowest BCUT2D eigenvalue weighted by Gasteiger charge is -2.34. The van der Waals surface area contributed by atoms with Gasteiger partial charge in [0.1, 0.15) is 5.82 Å². The Kier molecular flexibility index (Phi) is 6.50. The fourth-order valence-electron chi connectivity index (χ4n) is 2.97. The highest BCUT2D eigenvalue weighted by Gasteiger charge is 2.32. The molecule has 0 saturated carbocycles. The molecule has 0 atom stereocenters. The fourth-order valence-corrected chi connectivity index (χ4v) is 2.97. The number of amides is 1. The minimum atomic E-state index is -0.757. The van der Waals surface area contributed by atoms with Gasteiger partial charge < -0.3 is 15.5 Å². The first kappa shape index (κ1) is 22.2. The standard InChI is InChI=1S/C23H25FN4O3/c1-23(2,28(3)14-16-7-5-4-6-8-16)22-26-18(19(29)21(31)27-22)20(30)25-13-15-9-11-17(24)12-10-15/h4-12,29H,13-14H2,1-3H3,(H,25,30)(H,26,27,31). The lowest BCUT2D eigenvalue weighted by Crippen LogP contribution is -2.40. The van der Waals surface area contributed by atoms with Crippen LogP contribution in [0.5, 0.6) is 11.6 Å². The van der Waals surface area contributed by atoms with Gasteiger partial charge in [0.15, 0.2) is 11.5 Å². The molecule has 0 bridgehead atoms. The lowest BCUT2D eigenvalue weighted by molar-refractivity contribution is 0.0937. The van der Waals surface area contributed by atoms with Gasteiger partial charge in [-0.1, -0.05) is 42.5 Å². The number of nitrogens with zero attached hydrogens (tertiary/aromatic N) is 3. The van der Waals surface area contributed by atoms with Gasteiger partial charge in [0.25, 0.3) is 11.8 Å². The zero-order chi connectivity index (χ0) is 22.6. The van der Waals surface area contributed by atoms with Crippen LogP contribution in [0.25, 0.3) is 0 Å². The molecule has 0 aliphatic heterocycles. The molecular weight excluding hydrogens is 399 g/mol. The molecule has 3 aromatic rings. The van der Waals surface area contributed by atoms with Crippen LogP contribution in [0, 0.1) is 5.82 Å². The van der Waals surface area contributed by atoms with Gasteiger partial charge in [0, 0.05) is 13.1 Å². The van der Waals surface area contributed by atoms with Crippen LogP contribution < -0.4 is 5.32 Å². The number of benzene rings is 2. The number of hydrogen-bond acceptors (Lipinski definition) is 6. The molecule has 0 saturated heterocycles. The topological polar surface area (TPSA) is 98.6 Å². The van der Waals surface area contributed by atoms with Gasteiger partial charge in [-0.15, -0.1) is 0 Å². The molecule has 8 heteroatoms. The lowest BCUT2D eigenvalue weighted by atomic mass is 10.0. The summed E-state index contributed by atoms with van der Waals surface area (Å²) in [5.41, 5.74) is 0.673. The molecule has 7 nitrogen and oxygen atoms in total. The molecule has 0 unspecified atom stereocenters. The quantitative estimate of drug-likeness (QED) is 0.538. The van der Waals surface area contributed by atoms with Gasteiger partial charge in [0.2, 0.25) is 5.75 Å². The summed E-state index contributed by atoms with van der Waals surface area (Å²) < 4.78 is 13.0. The van der Waals surface area contributed by atoms with Crippen molar-refractivity contribution >= 4 is 5.91 Å².